The van der Waals surface area contributed by atoms with Gasteiger partial charge in [0.25, 0.3) is 0 Å². The summed E-state index contributed by atoms with van der Waals surface area (Å²) < 4.78 is 0. The number of pyridine rings is 1. The maximum atomic E-state index is 12.4. The number of nitrogens with zero attached hydrogens (tertiary/aromatic N) is 2. The van der Waals surface area contributed by atoms with E-state index in [2.05, 4.69) is 20.5 Å². The summed E-state index contributed by atoms with van der Waals surface area (Å²) in [5, 5.41) is 12.2. The zero-order valence-corrected chi connectivity index (χ0v) is 13.4. The summed E-state index contributed by atoms with van der Waals surface area (Å²) in [6.07, 6.45) is 3.73. The van der Waals surface area contributed by atoms with Crippen LogP contribution in [0.1, 0.15) is 5.56 Å². The molecule has 2 N–H and O–H groups in total. The summed E-state index contributed by atoms with van der Waals surface area (Å²) >= 11 is 0. The van der Waals surface area contributed by atoms with Gasteiger partial charge in [0.05, 0.1) is 12.1 Å². The number of fused-ring (bicyclic) bond motifs is 1. The maximum Gasteiger partial charge on any atom is 0.229 e. The lowest BCUT2D eigenvalue weighted by molar-refractivity contribution is -0.115. The summed E-state index contributed by atoms with van der Waals surface area (Å²) in [6.45, 7) is 0. The lowest BCUT2D eigenvalue weighted by Gasteiger charge is -2.06. The number of carbonyl (C=O) groups excluding carboxylic acids is 1. The summed E-state index contributed by atoms with van der Waals surface area (Å²) in [5.41, 5.74) is 2.72. The third kappa shape index (κ3) is 3.26. The van der Waals surface area contributed by atoms with E-state index >= 15 is 0 Å². The SMILES string of the molecule is O=C(Cc1cccc2ccccc12)Nc1cc(-c2ccncc2)n[nH]1. The minimum absolute atomic E-state index is 0.0821. The van der Waals surface area contributed by atoms with E-state index in [4.69, 9.17) is 0 Å². The van der Waals surface area contributed by atoms with Crippen molar-refractivity contribution in [3.63, 3.8) is 0 Å². The highest BCUT2D eigenvalue weighted by molar-refractivity contribution is 5.95. The molecule has 0 aliphatic heterocycles. The Bertz CT molecular complexity index is 1020. The fourth-order valence-corrected chi connectivity index (χ4v) is 2.87. The van der Waals surface area contributed by atoms with Crippen molar-refractivity contribution in [2.45, 2.75) is 6.42 Å². The van der Waals surface area contributed by atoms with Crippen LogP contribution in [-0.2, 0) is 11.2 Å². The van der Waals surface area contributed by atoms with Gasteiger partial charge in [0.15, 0.2) is 0 Å². The van der Waals surface area contributed by atoms with E-state index in [1.54, 1.807) is 12.4 Å². The van der Waals surface area contributed by atoms with Crippen LogP contribution in [-0.4, -0.2) is 21.1 Å². The third-order valence-electron chi connectivity index (χ3n) is 4.06. The number of hydrogen-bond donors (Lipinski definition) is 2. The Kier molecular flexibility index (Phi) is 3.96. The maximum absolute atomic E-state index is 12.4. The minimum atomic E-state index is -0.0821. The molecule has 0 spiro atoms. The molecule has 5 nitrogen and oxygen atoms in total. The number of carbonyl (C=O) groups is 1. The standard InChI is InChI=1S/C20H16N4O/c25-20(12-16-6-3-5-14-4-1-2-7-17(14)16)22-19-13-18(23-24-19)15-8-10-21-11-9-15/h1-11,13H,12H2,(H2,22,23,24,25). The van der Waals surface area contributed by atoms with E-state index < -0.39 is 0 Å². The first-order valence-electron chi connectivity index (χ1n) is 8.02. The topological polar surface area (TPSA) is 70.7 Å². The van der Waals surface area contributed by atoms with Gasteiger partial charge in [-0.05, 0) is 28.5 Å². The molecule has 5 heteroatoms. The molecule has 0 unspecified atom stereocenters. The van der Waals surface area contributed by atoms with Crippen LogP contribution in [0.3, 0.4) is 0 Å². The number of benzene rings is 2. The fourth-order valence-electron chi connectivity index (χ4n) is 2.87. The van der Waals surface area contributed by atoms with Gasteiger partial charge in [0, 0.05) is 24.0 Å². The lowest BCUT2D eigenvalue weighted by atomic mass is 10.0. The van der Waals surface area contributed by atoms with Crippen LogP contribution in [0.5, 0.6) is 0 Å². The lowest BCUT2D eigenvalue weighted by Crippen LogP contribution is -2.14. The molecule has 122 valence electrons. The van der Waals surface area contributed by atoms with Crippen LogP contribution in [0.2, 0.25) is 0 Å². The van der Waals surface area contributed by atoms with E-state index in [1.807, 2.05) is 60.7 Å². The van der Waals surface area contributed by atoms with Crippen molar-refractivity contribution in [2.75, 3.05) is 5.32 Å². The van der Waals surface area contributed by atoms with Crippen LogP contribution in [0, 0.1) is 0 Å². The number of rotatable bonds is 4. The molecule has 0 atom stereocenters. The van der Waals surface area contributed by atoms with E-state index in [1.165, 1.54) is 0 Å². The Morgan fingerprint density at radius 1 is 1.00 bits per heavy atom. The second-order valence-corrected chi connectivity index (χ2v) is 5.77. The Hall–Kier alpha value is -3.47. The second-order valence-electron chi connectivity index (χ2n) is 5.77. The zero-order chi connectivity index (χ0) is 17.1. The van der Waals surface area contributed by atoms with Gasteiger partial charge in [-0.25, -0.2) is 0 Å². The largest absolute Gasteiger partial charge is 0.311 e. The minimum Gasteiger partial charge on any atom is -0.311 e. The molecule has 25 heavy (non-hydrogen) atoms. The monoisotopic (exact) mass is 328 g/mol. The van der Waals surface area contributed by atoms with Crippen LogP contribution >= 0.6 is 0 Å². The second kappa shape index (κ2) is 6.57. The molecular weight excluding hydrogens is 312 g/mol. The Labute approximate surface area is 144 Å². The highest BCUT2D eigenvalue weighted by atomic mass is 16.1. The van der Waals surface area contributed by atoms with Crippen molar-refractivity contribution < 1.29 is 4.79 Å². The number of H-pyrrole nitrogens is 1. The molecule has 2 heterocycles. The molecular formula is C20H16N4O. The van der Waals surface area contributed by atoms with E-state index in [0.717, 1.165) is 27.6 Å². The van der Waals surface area contributed by atoms with Gasteiger partial charge in [-0.2, -0.15) is 5.10 Å². The molecule has 4 aromatic rings. The Morgan fingerprint density at radius 3 is 2.68 bits per heavy atom. The van der Waals surface area contributed by atoms with Gasteiger partial charge in [-0.3, -0.25) is 14.9 Å². The molecule has 2 aromatic carbocycles. The first kappa shape index (κ1) is 15.1. The molecule has 1 amide bonds. The van der Waals surface area contributed by atoms with Crippen LogP contribution in [0.15, 0.2) is 73.1 Å². The quantitative estimate of drug-likeness (QED) is 0.598. The average Bonchev–Trinajstić information content (AvgIpc) is 3.11. The Morgan fingerprint density at radius 2 is 1.80 bits per heavy atom. The van der Waals surface area contributed by atoms with Gasteiger partial charge in [-0.15, -0.1) is 0 Å². The Balaban J connectivity index is 1.50. The molecule has 0 bridgehead atoms. The van der Waals surface area contributed by atoms with Crippen molar-refractivity contribution >= 4 is 22.5 Å². The first-order chi connectivity index (χ1) is 12.3. The summed E-state index contributed by atoms with van der Waals surface area (Å²) in [5.74, 6) is 0.498. The number of nitrogens with one attached hydrogen (secondary N) is 2. The fraction of sp³-hybridized carbons (Fsp3) is 0.0500. The molecule has 0 aliphatic rings. The highest BCUT2D eigenvalue weighted by Crippen LogP contribution is 2.21. The predicted octanol–water partition coefficient (Wildman–Crippen LogP) is 3.81. The smallest absolute Gasteiger partial charge is 0.229 e. The van der Waals surface area contributed by atoms with Gasteiger partial charge >= 0.3 is 0 Å². The normalized spacial score (nSPS) is 10.7. The first-order valence-corrected chi connectivity index (χ1v) is 8.02. The van der Waals surface area contributed by atoms with Crippen LogP contribution in [0.25, 0.3) is 22.0 Å². The molecule has 0 fully saturated rings. The van der Waals surface area contributed by atoms with Crippen molar-refractivity contribution in [1.29, 1.82) is 0 Å². The molecule has 0 aliphatic carbocycles. The van der Waals surface area contributed by atoms with Gasteiger partial charge in [0.1, 0.15) is 5.82 Å². The summed E-state index contributed by atoms with van der Waals surface area (Å²) in [7, 11) is 0. The average molecular weight is 328 g/mol. The highest BCUT2D eigenvalue weighted by Gasteiger charge is 2.09. The van der Waals surface area contributed by atoms with Gasteiger partial charge in [-0.1, -0.05) is 42.5 Å². The van der Waals surface area contributed by atoms with Crippen LogP contribution < -0.4 is 5.32 Å². The van der Waals surface area contributed by atoms with Gasteiger partial charge in [0.2, 0.25) is 5.91 Å². The van der Waals surface area contributed by atoms with Crippen molar-refractivity contribution in [3.8, 4) is 11.3 Å². The van der Waals surface area contributed by atoms with Gasteiger partial charge < -0.3 is 5.32 Å². The molecule has 2 aromatic heterocycles. The summed E-state index contributed by atoms with van der Waals surface area (Å²) in [4.78, 5) is 16.4. The van der Waals surface area contributed by atoms with E-state index in [-0.39, 0.29) is 5.91 Å². The number of aromatic amines is 1. The zero-order valence-electron chi connectivity index (χ0n) is 13.4. The predicted molar refractivity (Wildman–Crippen MR) is 98.1 cm³/mol. The number of amides is 1. The molecule has 0 radical (unpaired) electrons. The van der Waals surface area contributed by atoms with Crippen LogP contribution in [0.4, 0.5) is 5.82 Å². The van der Waals surface area contributed by atoms with Crippen molar-refractivity contribution in [1.82, 2.24) is 15.2 Å². The van der Waals surface area contributed by atoms with E-state index in [0.29, 0.717) is 12.2 Å². The number of hydrogen-bond acceptors (Lipinski definition) is 3. The van der Waals surface area contributed by atoms with Crippen molar-refractivity contribution in [3.05, 3.63) is 78.6 Å². The number of aromatic nitrogens is 3. The van der Waals surface area contributed by atoms with Crippen molar-refractivity contribution in [2.24, 2.45) is 0 Å². The molecule has 0 saturated heterocycles. The molecule has 0 saturated carbocycles. The third-order valence-corrected chi connectivity index (χ3v) is 4.06. The number of anilines is 1. The summed E-state index contributed by atoms with van der Waals surface area (Å²) in [6, 6.07) is 19.6. The molecule has 4 rings (SSSR count). The van der Waals surface area contributed by atoms with E-state index in [9.17, 15) is 4.79 Å².